The molecule has 0 saturated carbocycles. The lowest BCUT2D eigenvalue weighted by Crippen LogP contribution is -2.06. The summed E-state index contributed by atoms with van der Waals surface area (Å²) < 4.78 is 5.03. The number of esters is 1. The van der Waals surface area contributed by atoms with Crippen LogP contribution in [0.5, 0.6) is 0 Å². The van der Waals surface area contributed by atoms with Crippen LogP contribution >= 0.6 is 11.6 Å². The van der Waals surface area contributed by atoms with Gasteiger partial charge < -0.3 is 10.1 Å². The quantitative estimate of drug-likeness (QED) is 0.143. The Morgan fingerprint density at radius 3 is 2.10 bits per heavy atom. The smallest absolute Gasteiger partial charge is 0.338 e. The number of carbonyl (C=O) groups excluding carboxylic acids is 1. The van der Waals surface area contributed by atoms with E-state index in [-0.39, 0.29) is 12.6 Å². The van der Waals surface area contributed by atoms with Gasteiger partial charge in [0.25, 0.3) is 0 Å². The number of rotatable bonds is 18. The molecule has 0 aliphatic heterocycles. The third-order valence-corrected chi connectivity index (χ3v) is 5.62. The van der Waals surface area contributed by atoms with E-state index in [0.717, 1.165) is 24.6 Å². The van der Waals surface area contributed by atoms with Gasteiger partial charge in [0.1, 0.15) is 6.61 Å². The Labute approximate surface area is 189 Å². The van der Waals surface area contributed by atoms with E-state index in [0.29, 0.717) is 10.6 Å². The SMILES string of the molecule is C=CCOC(=O)c1ccc(NCCCCCCCCCCCCCC(C)C)c(Cl)c1. The highest BCUT2D eigenvalue weighted by Gasteiger charge is 2.09. The number of carbonyl (C=O) groups is 1. The molecule has 30 heavy (non-hydrogen) atoms. The zero-order valence-electron chi connectivity index (χ0n) is 19.2. The van der Waals surface area contributed by atoms with E-state index in [1.807, 2.05) is 6.07 Å². The second kappa shape index (κ2) is 17.2. The van der Waals surface area contributed by atoms with E-state index in [1.54, 1.807) is 18.2 Å². The fourth-order valence-corrected chi connectivity index (χ4v) is 3.74. The van der Waals surface area contributed by atoms with Gasteiger partial charge in [-0.2, -0.15) is 0 Å². The minimum absolute atomic E-state index is 0.203. The molecule has 1 N–H and O–H groups in total. The lowest BCUT2D eigenvalue weighted by Gasteiger charge is -2.10. The van der Waals surface area contributed by atoms with E-state index in [4.69, 9.17) is 16.3 Å². The topological polar surface area (TPSA) is 38.3 Å². The van der Waals surface area contributed by atoms with E-state index < -0.39 is 0 Å². The van der Waals surface area contributed by atoms with E-state index in [9.17, 15) is 4.79 Å². The lowest BCUT2D eigenvalue weighted by molar-refractivity contribution is 0.0550. The number of benzene rings is 1. The summed E-state index contributed by atoms with van der Waals surface area (Å²) in [4.78, 5) is 11.8. The second-order valence-electron chi connectivity index (χ2n) is 8.58. The monoisotopic (exact) mass is 435 g/mol. The molecule has 170 valence electrons. The van der Waals surface area contributed by atoms with Gasteiger partial charge in [0.2, 0.25) is 0 Å². The van der Waals surface area contributed by atoms with E-state index >= 15 is 0 Å². The Hall–Kier alpha value is -1.48. The van der Waals surface area contributed by atoms with E-state index in [1.165, 1.54) is 70.6 Å². The van der Waals surface area contributed by atoms with Crippen LogP contribution in [-0.4, -0.2) is 19.1 Å². The van der Waals surface area contributed by atoms with Gasteiger partial charge in [0, 0.05) is 6.54 Å². The Kier molecular flexibility index (Phi) is 15.2. The molecule has 3 nitrogen and oxygen atoms in total. The fourth-order valence-electron chi connectivity index (χ4n) is 3.50. The summed E-state index contributed by atoms with van der Waals surface area (Å²) in [6.45, 7) is 9.26. The zero-order chi connectivity index (χ0) is 22.0. The van der Waals surface area contributed by atoms with E-state index in [2.05, 4.69) is 25.7 Å². The van der Waals surface area contributed by atoms with Crippen LogP contribution in [0.25, 0.3) is 0 Å². The molecule has 1 rings (SSSR count). The third kappa shape index (κ3) is 13.0. The van der Waals surface area contributed by atoms with Crippen molar-refractivity contribution in [1.82, 2.24) is 0 Å². The minimum atomic E-state index is -0.380. The molecule has 0 aliphatic carbocycles. The first-order chi connectivity index (χ1) is 14.5. The van der Waals surface area contributed by atoms with Crippen molar-refractivity contribution in [2.24, 2.45) is 5.92 Å². The molecule has 0 saturated heterocycles. The molecular weight excluding hydrogens is 394 g/mol. The van der Waals surface area contributed by atoms with Crippen molar-refractivity contribution < 1.29 is 9.53 Å². The molecule has 0 aromatic heterocycles. The van der Waals surface area contributed by atoms with Crippen molar-refractivity contribution in [3.05, 3.63) is 41.4 Å². The van der Waals surface area contributed by atoms with Crippen LogP contribution in [0.15, 0.2) is 30.9 Å². The molecule has 0 aliphatic rings. The van der Waals surface area contributed by atoms with Crippen molar-refractivity contribution in [2.45, 2.75) is 90.9 Å². The molecule has 0 heterocycles. The lowest BCUT2D eigenvalue weighted by atomic mass is 10.0. The van der Waals surface area contributed by atoms with Gasteiger partial charge in [-0.15, -0.1) is 0 Å². The number of nitrogens with one attached hydrogen (secondary N) is 1. The van der Waals surface area contributed by atoms with Crippen LogP contribution in [-0.2, 0) is 4.74 Å². The number of hydrogen-bond acceptors (Lipinski definition) is 3. The summed E-state index contributed by atoms with van der Waals surface area (Å²) in [5.74, 6) is 0.477. The average Bonchev–Trinajstić information content (AvgIpc) is 2.72. The molecule has 1 aromatic carbocycles. The van der Waals surface area contributed by atoms with Gasteiger partial charge in [0.15, 0.2) is 0 Å². The summed E-state index contributed by atoms with van der Waals surface area (Å²) in [6.07, 6.45) is 17.8. The van der Waals surface area contributed by atoms with Crippen molar-refractivity contribution >= 4 is 23.3 Å². The molecular formula is C26H42ClNO2. The molecule has 0 bridgehead atoms. The Morgan fingerprint density at radius 2 is 1.57 bits per heavy atom. The van der Waals surface area contributed by atoms with Crippen molar-refractivity contribution in [1.29, 1.82) is 0 Å². The number of ether oxygens (including phenoxy) is 1. The normalized spacial score (nSPS) is 10.9. The summed E-state index contributed by atoms with van der Waals surface area (Å²) in [5, 5.41) is 3.91. The summed E-state index contributed by atoms with van der Waals surface area (Å²) in [7, 11) is 0. The van der Waals surface area contributed by atoms with Gasteiger partial charge in [-0.25, -0.2) is 4.79 Å². The standard InChI is InChI=1S/C26H42ClNO2/c1-4-20-30-26(29)23-17-18-25(24(27)21-23)28-19-15-13-11-9-7-5-6-8-10-12-14-16-22(2)3/h4,17-18,21-22,28H,1,5-16,19-20H2,2-3H3. The maximum atomic E-state index is 11.8. The first-order valence-electron chi connectivity index (χ1n) is 11.9. The highest BCUT2D eigenvalue weighted by atomic mass is 35.5. The van der Waals surface area contributed by atoms with Gasteiger partial charge in [0.05, 0.1) is 16.3 Å². The maximum absolute atomic E-state index is 11.8. The first kappa shape index (κ1) is 26.6. The Bertz CT molecular complexity index is 601. The molecule has 0 radical (unpaired) electrons. The second-order valence-corrected chi connectivity index (χ2v) is 8.99. The van der Waals surface area contributed by atoms with Gasteiger partial charge in [-0.05, 0) is 30.5 Å². The van der Waals surface area contributed by atoms with Gasteiger partial charge in [-0.1, -0.05) is 109 Å². The molecule has 1 aromatic rings. The zero-order valence-corrected chi connectivity index (χ0v) is 19.9. The third-order valence-electron chi connectivity index (χ3n) is 5.31. The van der Waals surface area contributed by atoms with Crippen LogP contribution < -0.4 is 5.32 Å². The van der Waals surface area contributed by atoms with Gasteiger partial charge >= 0.3 is 5.97 Å². The number of hydrogen-bond donors (Lipinski definition) is 1. The predicted octanol–water partition coefficient (Wildman–Crippen LogP) is 8.43. The predicted molar refractivity (Wildman–Crippen MR) is 131 cm³/mol. The highest BCUT2D eigenvalue weighted by molar-refractivity contribution is 6.33. The number of anilines is 1. The molecule has 0 atom stereocenters. The summed E-state index contributed by atoms with van der Waals surface area (Å²) in [5.41, 5.74) is 1.33. The minimum Gasteiger partial charge on any atom is -0.458 e. The Morgan fingerprint density at radius 1 is 1.00 bits per heavy atom. The molecule has 0 fully saturated rings. The summed E-state index contributed by atoms with van der Waals surface area (Å²) in [6, 6.07) is 5.24. The van der Waals surface area contributed by atoms with Crippen LogP contribution in [0.2, 0.25) is 5.02 Å². The van der Waals surface area contributed by atoms with Crippen LogP contribution in [0, 0.1) is 5.92 Å². The van der Waals surface area contributed by atoms with Crippen molar-refractivity contribution in [3.8, 4) is 0 Å². The number of unbranched alkanes of at least 4 members (excludes halogenated alkanes) is 10. The maximum Gasteiger partial charge on any atom is 0.338 e. The molecule has 0 amide bonds. The fraction of sp³-hybridized carbons (Fsp3) is 0.654. The summed E-state index contributed by atoms with van der Waals surface area (Å²) >= 11 is 6.28. The first-order valence-corrected chi connectivity index (χ1v) is 12.2. The highest BCUT2D eigenvalue weighted by Crippen LogP contribution is 2.23. The van der Waals surface area contributed by atoms with Crippen LogP contribution in [0.1, 0.15) is 101 Å². The Balaban J connectivity index is 2.00. The molecule has 0 unspecified atom stereocenters. The average molecular weight is 436 g/mol. The van der Waals surface area contributed by atoms with Gasteiger partial charge in [-0.3, -0.25) is 0 Å². The largest absolute Gasteiger partial charge is 0.458 e. The molecule has 4 heteroatoms. The number of halogens is 1. The van der Waals surface area contributed by atoms with Crippen LogP contribution in [0.3, 0.4) is 0 Å². The van der Waals surface area contributed by atoms with Crippen molar-refractivity contribution in [2.75, 3.05) is 18.5 Å². The van der Waals surface area contributed by atoms with Crippen molar-refractivity contribution in [3.63, 3.8) is 0 Å². The molecule has 0 spiro atoms. The van der Waals surface area contributed by atoms with Crippen LogP contribution in [0.4, 0.5) is 5.69 Å².